The Kier molecular flexibility index (Phi) is 6.01. The van der Waals surface area contributed by atoms with E-state index < -0.39 is 11.8 Å². The van der Waals surface area contributed by atoms with Crippen LogP contribution in [0.3, 0.4) is 0 Å². The summed E-state index contributed by atoms with van der Waals surface area (Å²) in [4.78, 5) is 32.4. The fourth-order valence-corrected chi connectivity index (χ4v) is 2.67. The van der Waals surface area contributed by atoms with E-state index in [0.29, 0.717) is 26.9 Å². The van der Waals surface area contributed by atoms with Gasteiger partial charge in [-0.05, 0) is 66.8 Å². The monoisotopic (exact) mass is 416 g/mol. The molecular formula is C20H11Cl3N2O2. The number of hydrogen-bond acceptors (Lipinski definition) is 2. The maximum absolute atomic E-state index is 12.2. The van der Waals surface area contributed by atoms with E-state index in [1.54, 1.807) is 54.6 Å². The molecule has 4 nitrogen and oxygen atoms in total. The lowest BCUT2D eigenvalue weighted by Gasteiger charge is -2.06. The van der Waals surface area contributed by atoms with Crippen LogP contribution in [0.15, 0.2) is 81.8 Å². The standard InChI is InChI=1S/C20H11Cl3N2O2/c21-14-5-1-12(2-6-14)19(26)24-16-9-10-18(17(23)11-16)25-20(27)13-3-7-15(22)8-4-13/h1-11H. The second-order valence-corrected chi connectivity index (χ2v) is 6.76. The highest BCUT2D eigenvalue weighted by molar-refractivity contribution is 6.49. The summed E-state index contributed by atoms with van der Waals surface area (Å²) >= 11 is 17.8. The van der Waals surface area contributed by atoms with Gasteiger partial charge >= 0.3 is 0 Å². The zero-order valence-corrected chi connectivity index (χ0v) is 16.0. The molecule has 27 heavy (non-hydrogen) atoms. The van der Waals surface area contributed by atoms with Crippen molar-refractivity contribution in [3.05, 3.63) is 93.0 Å². The molecule has 1 aliphatic rings. The van der Waals surface area contributed by atoms with Crippen LogP contribution < -0.4 is 0 Å². The van der Waals surface area contributed by atoms with Crippen molar-refractivity contribution in [2.24, 2.45) is 9.98 Å². The number of halogens is 3. The molecule has 0 spiro atoms. The fraction of sp³-hybridized carbons (Fsp3) is 0. The van der Waals surface area contributed by atoms with E-state index in [4.69, 9.17) is 34.8 Å². The summed E-state index contributed by atoms with van der Waals surface area (Å²) in [6, 6.07) is 12.8. The van der Waals surface area contributed by atoms with Crippen LogP contribution in [0, 0.1) is 0 Å². The molecule has 0 radical (unpaired) electrons. The molecular weight excluding hydrogens is 407 g/mol. The van der Waals surface area contributed by atoms with Crippen molar-refractivity contribution in [1.82, 2.24) is 0 Å². The van der Waals surface area contributed by atoms with Gasteiger partial charge in [-0.3, -0.25) is 9.59 Å². The number of rotatable bonds is 2. The summed E-state index contributed by atoms with van der Waals surface area (Å²) in [5.41, 5.74) is 1.44. The van der Waals surface area contributed by atoms with Crippen molar-refractivity contribution in [3.63, 3.8) is 0 Å². The molecule has 0 N–H and O–H groups in total. The molecule has 7 heteroatoms. The highest BCUT2D eigenvalue weighted by Crippen LogP contribution is 2.16. The Morgan fingerprint density at radius 2 is 1.15 bits per heavy atom. The van der Waals surface area contributed by atoms with E-state index in [1.807, 2.05) is 0 Å². The van der Waals surface area contributed by atoms with Crippen molar-refractivity contribution < 1.29 is 9.59 Å². The average molecular weight is 418 g/mol. The van der Waals surface area contributed by atoms with Gasteiger partial charge in [0.15, 0.2) is 0 Å². The van der Waals surface area contributed by atoms with E-state index in [-0.39, 0.29) is 10.7 Å². The predicted octanol–water partition coefficient (Wildman–Crippen LogP) is 5.55. The largest absolute Gasteiger partial charge is 0.277 e. The van der Waals surface area contributed by atoms with Gasteiger partial charge in [-0.2, -0.15) is 0 Å². The van der Waals surface area contributed by atoms with E-state index >= 15 is 0 Å². The molecule has 0 saturated heterocycles. The number of aliphatic imine (C=N–C) groups is 2. The van der Waals surface area contributed by atoms with Crippen molar-refractivity contribution in [3.8, 4) is 0 Å². The minimum Gasteiger partial charge on any atom is -0.267 e. The zero-order valence-electron chi connectivity index (χ0n) is 13.7. The van der Waals surface area contributed by atoms with Crippen LogP contribution in [0.1, 0.15) is 20.7 Å². The molecule has 0 unspecified atom stereocenters. The fourth-order valence-electron chi connectivity index (χ4n) is 2.20. The van der Waals surface area contributed by atoms with Crippen molar-refractivity contribution in [2.45, 2.75) is 0 Å². The average Bonchev–Trinajstić information content (AvgIpc) is 2.65. The first kappa shape index (κ1) is 19.2. The third-order valence-electron chi connectivity index (χ3n) is 3.57. The normalized spacial score (nSPS) is 16.5. The summed E-state index contributed by atoms with van der Waals surface area (Å²) in [6.07, 6.45) is 4.57. The Morgan fingerprint density at radius 3 is 1.63 bits per heavy atom. The smallest absolute Gasteiger partial charge is 0.267 e. The third kappa shape index (κ3) is 5.01. The van der Waals surface area contributed by atoms with E-state index in [1.165, 1.54) is 12.2 Å². The number of amides is 2. The van der Waals surface area contributed by atoms with Gasteiger partial charge in [0, 0.05) is 21.2 Å². The number of benzene rings is 2. The summed E-state index contributed by atoms with van der Waals surface area (Å²) < 4.78 is 0. The summed E-state index contributed by atoms with van der Waals surface area (Å²) in [7, 11) is 0. The molecule has 0 heterocycles. The number of carbonyl (C=O) groups excluding carboxylic acids is 2. The lowest BCUT2D eigenvalue weighted by molar-refractivity contribution is 0.0994. The topological polar surface area (TPSA) is 58.9 Å². The minimum absolute atomic E-state index is 0.211. The van der Waals surface area contributed by atoms with Crippen molar-refractivity contribution >= 4 is 58.0 Å². The molecule has 3 rings (SSSR count). The van der Waals surface area contributed by atoms with Crippen LogP contribution in [0.4, 0.5) is 0 Å². The minimum atomic E-state index is -0.449. The van der Waals surface area contributed by atoms with Gasteiger partial charge in [-0.25, -0.2) is 9.98 Å². The van der Waals surface area contributed by atoms with E-state index in [0.717, 1.165) is 0 Å². The molecule has 1 aliphatic carbocycles. The molecule has 0 atom stereocenters. The highest BCUT2D eigenvalue weighted by Gasteiger charge is 2.13. The van der Waals surface area contributed by atoms with Crippen molar-refractivity contribution in [1.29, 1.82) is 0 Å². The molecule has 0 fully saturated rings. The zero-order chi connectivity index (χ0) is 19.4. The lowest BCUT2D eigenvalue weighted by atomic mass is 10.1. The number of nitrogens with zero attached hydrogens (tertiary/aromatic N) is 2. The van der Waals surface area contributed by atoms with Crippen LogP contribution >= 0.6 is 34.8 Å². The number of hydrogen-bond donors (Lipinski definition) is 0. The number of carbonyl (C=O) groups is 2. The van der Waals surface area contributed by atoms with Crippen molar-refractivity contribution in [2.75, 3.05) is 0 Å². The van der Waals surface area contributed by atoms with Gasteiger partial charge in [0.2, 0.25) is 0 Å². The first-order chi connectivity index (χ1) is 12.9. The summed E-state index contributed by atoms with van der Waals surface area (Å²) in [6.45, 7) is 0. The van der Waals surface area contributed by atoms with Crippen LogP contribution in [-0.2, 0) is 0 Å². The molecule has 2 aromatic carbocycles. The van der Waals surface area contributed by atoms with Crippen LogP contribution in [0.25, 0.3) is 0 Å². The Bertz CT molecular complexity index is 1020. The highest BCUT2D eigenvalue weighted by atomic mass is 35.5. The first-order valence-electron chi connectivity index (χ1n) is 7.75. The Hall–Kier alpha value is -2.53. The third-order valence-corrected chi connectivity index (χ3v) is 4.37. The first-order valence-corrected chi connectivity index (χ1v) is 8.88. The summed E-state index contributed by atoms with van der Waals surface area (Å²) in [5, 5.41) is 1.27. The predicted molar refractivity (Wildman–Crippen MR) is 110 cm³/mol. The van der Waals surface area contributed by atoms with Gasteiger partial charge in [0.1, 0.15) is 0 Å². The molecule has 2 aromatic rings. The maximum Gasteiger partial charge on any atom is 0.277 e. The summed E-state index contributed by atoms with van der Waals surface area (Å²) in [5.74, 6) is -0.875. The quantitative estimate of drug-likeness (QED) is 0.602. The second kappa shape index (κ2) is 8.44. The lowest BCUT2D eigenvalue weighted by Crippen LogP contribution is -2.09. The van der Waals surface area contributed by atoms with Crippen LogP contribution in [0.5, 0.6) is 0 Å². The van der Waals surface area contributed by atoms with Gasteiger partial charge in [-0.1, -0.05) is 34.8 Å². The molecule has 0 bridgehead atoms. The Balaban J connectivity index is 1.77. The van der Waals surface area contributed by atoms with Gasteiger partial charge < -0.3 is 0 Å². The Morgan fingerprint density at radius 1 is 0.667 bits per heavy atom. The molecule has 0 aliphatic heterocycles. The molecule has 2 amide bonds. The van der Waals surface area contributed by atoms with Gasteiger partial charge in [0.25, 0.3) is 11.8 Å². The van der Waals surface area contributed by atoms with Crippen LogP contribution in [0.2, 0.25) is 10.0 Å². The second-order valence-electron chi connectivity index (χ2n) is 5.48. The Labute approximate surface area is 170 Å². The maximum atomic E-state index is 12.2. The van der Waals surface area contributed by atoms with Crippen LogP contribution in [-0.4, -0.2) is 23.2 Å². The van der Waals surface area contributed by atoms with E-state index in [2.05, 4.69) is 9.98 Å². The van der Waals surface area contributed by atoms with Gasteiger partial charge in [-0.15, -0.1) is 0 Å². The van der Waals surface area contributed by atoms with Gasteiger partial charge in [0.05, 0.1) is 16.5 Å². The molecule has 0 aromatic heterocycles. The number of allylic oxidation sites excluding steroid dienone is 4. The van der Waals surface area contributed by atoms with E-state index in [9.17, 15) is 9.59 Å². The molecule has 134 valence electrons. The molecule has 0 saturated carbocycles. The SMILES string of the molecule is O=C(N=C1C=CC(=NC(=O)c2ccc(Cl)cc2)C(Cl)=C1)c1ccc(Cl)cc1.